The van der Waals surface area contributed by atoms with Crippen LogP contribution in [0.1, 0.15) is 21.5 Å². The van der Waals surface area contributed by atoms with Crippen molar-refractivity contribution >= 4 is 16.0 Å². The quantitative estimate of drug-likeness (QED) is 0.794. The van der Waals surface area contributed by atoms with Crippen molar-refractivity contribution in [2.75, 3.05) is 7.11 Å². The van der Waals surface area contributed by atoms with Crippen LogP contribution in [0, 0.1) is 0 Å². The van der Waals surface area contributed by atoms with Gasteiger partial charge in [0.1, 0.15) is 17.3 Å². The number of ether oxygens (including phenoxy) is 2. The summed E-state index contributed by atoms with van der Waals surface area (Å²) in [6.45, 7) is -0.284. The Bertz CT molecular complexity index is 908. The minimum atomic E-state index is -4.46. The second-order valence-corrected chi connectivity index (χ2v) is 6.71. The molecule has 140 valence electrons. The van der Waals surface area contributed by atoms with Crippen LogP contribution in [0.3, 0.4) is 0 Å². The summed E-state index contributed by atoms with van der Waals surface area (Å²) in [5.41, 5.74) is -0.575. The lowest BCUT2D eigenvalue weighted by atomic mass is 10.1. The lowest BCUT2D eigenvalue weighted by molar-refractivity contribution is -0.137. The van der Waals surface area contributed by atoms with E-state index in [0.717, 1.165) is 18.2 Å². The van der Waals surface area contributed by atoms with Gasteiger partial charge in [-0.2, -0.15) is 13.2 Å². The number of hydrogen-bond acceptors (Lipinski definition) is 5. The van der Waals surface area contributed by atoms with Crippen molar-refractivity contribution in [2.45, 2.75) is 17.7 Å². The van der Waals surface area contributed by atoms with Gasteiger partial charge in [0.15, 0.2) is 0 Å². The van der Waals surface area contributed by atoms with Gasteiger partial charge in [-0.25, -0.2) is 18.4 Å². The zero-order valence-electron chi connectivity index (χ0n) is 13.4. The Labute approximate surface area is 147 Å². The van der Waals surface area contributed by atoms with Crippen molar-refractivity contribution in [3.8, 4) is 5.75 Å². The largest absolute Gasteiger partial charge is 0.495 e. The number of esters is 1. The van der Waals surface area contributed by atoms with Crippen molar-refractivity contribution in [3.63, 3.8) is 0 Å². The number of methoxy groups -OCH3 is 1. The molecule has 0 saturated carbocycles. The number of carbonyl (C=O) groups excluding carboxylic acids is 1. The van der Waals surface area contributed by atoms with E-state index in [1.54, 1.807) is 0 Å². The van der Waals surface area contributed by atoms with Crippen molar-refractivity contribution in [1.82, 2.24) is 0 Å². The number of hydrogen-bond donors (Lipinski definition) is 1. The molecular formula is C16H14F3NO5S. The van der Waals surface area contributed by atoms with Gasteiger partial charge in [-0.3, -0.25) is 0 Å². The summed E-state index contributed by atoms with van der Waals surface area (Å²) in [6, 6.07) is 7.63. The van der Waals surface area contributed by atoms with Crippen molar-refractivity contribution in [3.05, 3.63) is 59.2 Å². The number of carbonyl (C=O) groups is 1. The summed E-state index contributed by atoms with van der Waals surface area (Å²) in [4.78, 5) is 11.7. The Morgan fingerprint density at radius 3 is 2.23 bits per heavy atom. The van der Waals surface area contributed by atoms with Crippen LogP contribution >= 0.6 is 0 Å². The molecule has 6 nitrogen and oxygen atoms in total. The number of benzene rings is 2. The lowest BCUT2D eigenvalue weighted by Gasteiger charge is -2.10. The van der Waals surface area contributed by atoms with Gasteiger partial charge in [0, 0.05) is 0 Å². The Balaban J connectivity index is 2.13. The molecule has 2 aromatic carbocycles. The third-order valence-electron chi connectivity index (χ3n) is 3.36. The SMILES string of the molecule is COc1ccc(C(=O)OCc2ccc(C(F)(F)F)cc2)cc1S(N)(=O)=O. The van der Waals surface area contributed by atoms with Crippen LogP contribution in [0.5, 0.6) is 5.75 Å². The Morgan fingerprint density at radius 2 is 1.73 bits per heavy atom. The Kier molecular flexibility index (Phi) is 5.57. The first kappa shape index (κ1) is 19.7. The molecule has 0 heterocycles. The van der Waals surface area contributed by atoms with Gasteiger partial charge in [0.2, 0.25) is 10.0 Å². The normalized spacial score (nSPS) is 11.9. The van der Waals surface area contributed by atoms with Gasteiger partial charge in [0.25, 0.3) is 0 Å². The van der Waals surface area contributed by atoms with E-state index in [9.17, 15) is 26.4 Å². The molecule has 0 aliphatic rings. The molecule has 2 aromatic rings. The number of halogens is 3. The first-order valence-corrected chi connectivity index (χ1v) is 8.61. The summed E-state index contributed by atoms with van der Waals surface area (Å²) in [6.07, 6.45) is -4.46. The minimum absolute atomic E-state index is 0.0354. The summed E-state index contributed by atoms with van der Waals surface area (Å²) in [5, 5.41) is 5.06. The first-order chi connectivity index (χ1) is 12.0. The Hall–Kier alpha value is -2.59. The van der Waals surface area contributed by atoms with Crippen LogP contribution in [0.4, 0.5) is 13.2 Å². The fourth-order valence-electron chi connectivity index (χ4n) is 2.05. The average molecular weight is 389 g/mol. The molecule has 0 fully saturated rings. The molecule has 0 bridgehead atoms. The number of sulfonamides is 1. The standard InChI is InChI=1S/C16H14F3NO5S/c1-24-13-7-4-11(8-14(13)26(20,22)23)15(21)25-9-10-2-5-12(6-3-10)16(17,18)19/h2-8H,9H2,1H3,(H2,20,22,23). The smallest absolute Gasteiger partial charge is 0.416 e. The molecule has 0 aliphatic carbocycles. The van der Waals surface area contributed by atoms with Crippen molar-refractivity contribution < 1.29 is 35.9 Å². The highest BCUT2D eigenvalue weighted by molar-refractivity contribution is 7.89. The van der Waals surface area contributed by atoms with E-state index in [4.69, 9.17) is 14.6 Å². The molecule has 0 radical (unpaired) electrons. The third kappa shape index (κ3) is 4.73. The van der Waals surface area contributed by atoms with E-state index in [-0.39, 0.29) is 22.8 Å². The molecule has 0 spiro atoms. The van der Waals surface area contributed by atoms with Crippen LogP contribution in [0.25, 0.3) is 0 Å². The molecule has 26 heavy (non-hydrogen) atoms. The van der Waals surface area contributed by atoms with Crippen LogP contribution < -0.4 is 9.88 Å². The first-order valence-electron chi connectivity index (χ1n) is 7.06. The summed E-state index contributed by atoms with van der Waals surface area (Å²) in [5.74, 6) is -0.899. The monoisotopic (exact) mass is 389 g/mol. The van der Waals surface area contributed by atoms with Gasteiger partial charge >= 0.3 is 12.1 Å². The van der Waals surface area contributed by atoms with Gasteiger partial charge < -0.3 is 9.47 Å². The van der Waals surface area contributed by atoms with Gasteiger partial charge in [-0.15, -0.1) is 0 Å². The van der Waals surface area contributed by atoms with Gasteiger partial charge in [-0.1, -0.05) is 12.1 Å². The maximum atomic E-state index is 12.5. The van der Waals surface area contributed by atoms with Gasteiger partial charge in [0.05, 0.1) is 18.2 Å². The predicted octanol–water partition coefficient (Wildman–Crippen LogP) is 2.72. The molecule has 0 amide bonds. The van der Waals surface area contributed by atoms with Crippen LogP contribution in [-0.4, -0.2) is 21.5 Å². The molecule has 2 rings (SSSR count). The maximum absolute atomic E-state index is 12.5. The summed E-state index contributed by atoms with van der Waals surface area (Å²) < 4.78 is 70.4. The number of rotatable bonds is 5. The van der Waals surface area contributed by atoms with Gasteiger partial charge in [-0.05, 0) is 35.9 Å². The van der Waals surface area contributed by atoms with E-state index < -0.39 is 27.7 Å². The van der Waals surface area contributed by atoms with E-state index in [0.29, 0.717) is 5.56 Å². The average Bonchev–Trinajstić information content (AvgIpc) is 2.58. The van der Waals surface area contributed by atoms with E-state index in [1.165, 1.54) is 31.4 Å². The maximum Gasteiger partial charge on any atom is 0.416 e. The Morgan fingerprint density at radius 1 is 1.12 bits per heavy atom. The molecular weight excluding hydrogens is 375 g/mol. The highest BCUT2D eigenvalue weighted by Crippen LogP contribution is 2.29. The van der Waals surface area contributed by atoms with Crippen LogP contribution in [0.15, 0.2) is 47.4 Å². The van der Waals surface area contributed by atoms with Crippen molar-refractivity contribution in [1.29, 1.82) is 0 Å². The molecule has 0 atom stereocenters. The fraction of sp³-hybridized carbons (Fsp3) is 0.188. The molecule has 0 saturated heterocycles. The molecule has 2 N–H and O–H groups in total. The molecule has 0 unspecified atom stereocenters. The highest BCUT2D eigenvalue weighted by Gasteiger charge is 2.30. The topological polar surface area (TPSA) is 95.7 Å². The van der Waals surface area contributed by atoms with E-state index in [2.05, 4.69) is 0 Å². The highest BCUT2D eigenvalue weighted by atomic mass is 32.2. The molecule has 0 aliphatic heterocycles. The number of nitrogens with two attached hydrogens (primary N) is 1. The van der Waals surface area contributed by atoms with Crippen LogP contribution in [-0.2, 0) is 27.5 Å². The fourth-order valence-corrected chi connectivity index (χ4v) is 2.77. The predicted molar refractivity (Wildman–Crippen MR) is 84.9 cm³/mol. The summed E-state index contributed by atoms with van der Waals surface area (Å²) in [7, 11) is -2.88. The lowest BCUT2D eigenvalue weighted by Crippen LogP contribution is -2.15. The summed E-state index contributed by atoms with van der Waals surface area (Å²) >= 11 is 0. The van der Waals surface area contributed by atoms with E-state index >= 15 is 0 Å². The minimum Gasteiger partial charge on any atom is -0.495 e. The third-order valence-corrected chi connectivity index (χ3v) is 4.29. The number of alkyl halides is 3. The van der Waals surface area contributed by atoms with Crippen LogP contribution in [0.2, 0.25) is 0 Å². The zero-order valence-corrected chi connectivity index (χ0v) is 14.2. The second kappa shape index (κ2) is 7.34. The molecule has 10 heteroatoms. The molecule has 0 aromatic heterocycles. The van der Waals surface area contributed by atoms with Crippen molar-refractivity contribution in [2.24, 2.45) is 5.14 Å². The zero-order chi connectivity index (χ0) is 19.5. The van der Waals surface area contributed by atoms with E-state index in [1.807, 2.05) is 0 Å². The number of primary sulfonamides is 1. The second-order valence-electron chi connectivity index (χ2n) is 5.18.